The molecule has 0 aliphatic rings. The van der Waals surface area contributed by atoms with Crippen LogP contribution in [0.1, 0.15) is 5.56 Å². The summed E-state index contributed by atoms with van der Waals surface area (Å²) in [6.07, 6.45) is 1.35. The van der Waals surface area contributed by atoms with Crippen molar-refractivity contribution in [2.45, 2.75) is 6.92 Å². The van der Waals surface area contributed by atoms with Crippen molar-refractivity contribution in [3.63, 3.8) is 0 Å². The first kappa shape index (κ1) is 7.15. The Hall–Kier alpha value is -0.960. The van der Waals surface area contributed by atoms with E-state index in [0.29, 0.717) is 10.8 Å². The number of rotatable bonds is 1. The number of hydrogen-bond donors (Lipinski definition) is 0. The van der Waals surface area contributed by atoms with Gasteiger partial charge < -0.3 is 0 Å². The highest BCUT2D eigenvalue weighted by molar-refractivity contribution is 6.29. The summed E-state index contributed by atoms with van der Waals surface area (Å²) in [5, 5.41) is 3.12. The molecule has 0 aliphatic heterocycles. The molecule has 0 fully saturated rings. The van der Waals surface area contributed by atoms with Gasteiger partial charge >= 0.3 is 0 Å². The first-order valence-electron chi connectivity index (χ1n) is 2.69. The lowest BCUT2D eigenvalue weighted by Gasteiger charge is -1.93. The molecule has 3 nitrogen and oxygen atoms in total. The van der Waals surface area contributed by atoms with E-state index in [1.165, 1.54) is 6.20 Å². The number of nitrogens with zero attached hydrogens (tertiary/aromatic N) is 2. The smallest absolute Gasteiger partial charge is 0.129 e. The van der Waals surface area contributed by atoms with Crippen LogP contribution in [0.2, 0.25) is 5.15 Å². The Labute approximate surface area is 63.0 Å². The van der Waals surface area contributed by atoms with E-state index in [2.05, 4.69) is 10.2 Å². The SMILES string of the molecule is Cc1cc(Cl)ncc1N=O. The molecule has 10 heavy (non-hydrogen) atoms. The van der Waals surface area contributed by atoms with E-state index >= 15 is 0 Å². The number of pyridine rings is 1. The standard InChI is InChI=1S/C6H5ClN2O/c1-4-2-6(7)8-3-5(4)9-10/h2-3H,1H3. The molecule has 1 heterocycles. The highest BCUT2D eigenvalue weighted by Gasteiger charge is 1.97. The van der Waals surface area contributed by atoms with E-state index in [1.807, 2.05) is 0 Å². The summed E-state index contributed by atoms with van der Waals surface area (Å²) in [5.41, 5.74) is 1.08. The van der Waals surface area contributed by atoms with Crippen LogP contribution in [0.4, 0.5) is 5.69 Å². The molecule has 0 spiro atoms. The zero-order chi connectivity index (χ0) is 7.56. The van der Waals surface area contributed by atoms with Gasteiger partial charge in [0.1, 0.15) is 10.8 Å². The lowest BCUT2D eigenvalue weighted by Crippen LogP contribution is -1.77. The largest absolute Gasteiger partial charge is 0.242 e. The predicted octanol–water partition coefficient (Wildman–Crippen LogP) is 2.44. The summed E-state index contributed by atoms with van der Waals surface area (Å²) in [6.45, 7) is 1.75. The van der Waals surface area contributed by atoms with Gasteiger partial charge in [0.2, 0.25) is 0 Å². The lowest BCUT2D eigenvalue weighted by molar-refractivity contribution is 1.25. The molecular formula is C6H5ClN2O. The summed E-state index contributed by atoms with van der Waals surface area (Å²) in [6, 6.07) is 1.60. The number of hydrogen-bond acceptors (Lipinski definition) is 3. The van der Waals surface area contributed by atoms with Crippen LogP contribution >= 0.6 is 11.6 Å². The molecule has 52 valence electrons. The molecule has 0 unspecified atom stereocenters. The van der Waals surface area contributed by atoms with E-state index in [4.69, 9.17) is 11.6 Å². The molecule has 1 aromatic rings. The van der Waals surface area contributed by atoms with Gasteiger partial charge in [0.15, 0.2) is 0 Å². The molecule has 4 heteroatoms. The van der Waals surface area contributed by atoms with Gasteiger partial charge in [0.25, 0.3) is 0 Å². The summed E-state index contributed by atoms with van der Waals surface area (Å²) >= 11 is 5.52. The molecule has 0 radical (unpaired) electrons. The molecule has 0 saturated heterocycles. The van der Waals surface area contributed by atoms with Crippen LogP contribution in [0.25, 0.3) is 0 Å². The van der Waals surface area contributed by atoms with Gasteiger partial charge in [-0.1, -0.05) is 11.6 Å². The predicted molar refractivity (Wildman–Crippen MR) is 39.4 cm³/mol. The molecule has 0 bridgehead atoms. The molecule has 1 rings (SSSR count). The zero-order valence-corrected chi connectivity index (χ0v) is 6.09. The fourth-order valence-electron chi connectivity index (χ4n) is 0.610. The van der Waals surface area contributed by atoms with Crippen LogP contribution in [0.15, 0.2) is 17.4 Å². The summed E-state index contributed by atoms with van der Waals surface area (Å²) in [4.78, 5) is 13.7. The Morgan fingerprint density at radius 1 is 1.70 bits per heavy atom. The molecule has 0 saturated carbocycles. The van der Waals surface area contributed by atoms with Gasteiger partial charge in [0, 0.05) is 0 Å². The maximum atomic E-state index is 10.0. The van der Waals surface area contributed by atoms with Crippen molar-refractivity contribution < 1.29 is 0 Å². The van der Waals surface area contributed by atoms with Gasteiger partial charge in [0.05, 0.1) is 6.20 Å². The van der Waals surface area contributed by atoms with Gasteiger partial charge in [-0.3, -0.25) is 0 Å². The first-order chi connectivity index (χ1) is 4.74. The van der Waals surface area contributed by atoms with Crippen molar-refractivity contribution in [3.05, 3.63) is 27.9 Å². The van der Waals surface area contributed by atoms with Gasteiger partial charge in [-0.15, -0.1) is 4.91 Å². The minimum Gasteiger partial charge on any atom is -0.242 e. The number of aromatic nitrogens is 1. The van der Waals surface area contributed by atoms with Crippen molar-refractivity contribution in [3.8, 4) is 0 Å². The minimum absolute atomic E-state index is 0.337. The fourth-order valence-corrected chi connectivity index (χ4v) is 0.823. The van der Waals surface area contributed by atoms with Crippen molar-refractivity contribution in [1.82, 2.24) is 4.98 Å². The third kappa shape index (κ3) is 1.30. The first-order valence-corrected chi connectivity index (χ1v) is 3.07. The Morgan fingerprint density at radius 2 is 2.40 bits per heavy atom. The maximum Gasteiger partial charge on any atom is 0.129 e. The second-order valence-corrected chi connectivity index (χ2v) is 2.27. The van der Waals surface area contributed by atoms with Crippen LogP contribution in [-0.2, 0) is 0 Å². The molecule has 0 atom stereocenters. The summed E-state index contributed by atoms with van der Waals surface area (Å²) in [7, 11) is 0. The third-order valence-corrected chi connectivity index (χ3v) is 1.35. The normalized spacial score (nSPS) is 9.40. The third-order valence-electron chi connectivity index (χ3n) is 1.15. The van der Waals surface area contributed by atoms with E-state index in [9.17, 15) is 4.91 Å². The number of halogens is 1. The molecule has 0 amide bonds. The Morgan fingerprint density at radius 3 is 2.90 bits per heavy atom. The van der Waals surface area contributed by atoms with Crippen molar-refractivity contribution in [2.75, 3.05) is 0 Å². The average Bonchev–Trinajstić information content (AvgIpc) is 1.88. The zero-order valence-electron chi connectivity index (χ0n) is 5.34. The fraction of sp³-hybridized carbons (Fsp3) is 0.167. The molecule has 0 aromatic carbocycles. The van der Waals surface area contributed by atoms with Crippen molar-refractivity contribution in [1.29, 1.82) is 0 Å². The summed E-state index contributed by atoms with van der Waals surface area (Å²) in [5.74, 6) is 0. The molecule has 1 aromatic heterocycles. The second-order valence-electron chi connectivity index (χ2n) is 1.88. The van der Waals surface area contributed by atoms with Gasteiger partial charge in [-0.25, -0.2) is 4.98 Å². The average molecular weight is 157 g/mol. The van der Waals surface area contributed by atoms with Crippen LogP contribution in [0, 0.1) is 11.8 Å². The Balaban J connectivity index is 3.19. The second kappa shape index (κ2) is 2.75. The minimum atomic E-state index is 0.337. The van der Waals surface area contributed by atoms with Gasteiger partial charge in [-0.05, 0) is 23.7 Å². The number of nitroso groups, excluding NO2 is 1. The van der Waals surface area contributed by atoms with Crippen molar-refractivity contribution >= 4 is 17.3 Å². The monoisotopic (exact) mass is 156 g/mol. The summed E-state index contributed by atoms with van der Waals surface area (Å²) < 4.78 is 0. The van der Waals surface area contributed by atoms with E-state index in [1.54, 1.807) is 13.0 Å². The van der Waals surface area contributed by atoms with Crippen LogP contribution < -0.4 is 0 Å². The highest BCUT2D eigenvalue weighted by Crippen LogP contribution is 2.18. The van der Waals surface area contributed by atoms with Gasteiger partial charge in [-0.2, -0.15) is 0 Å². The van der Waals surface area contributed by atoms with Crippen LogP contribution in [0.5, 0.6) is 0 Å². The molecule has 0 N–H and O–H groups in total. The topological polar surface area (TPSA) is 42.3 Å². The Kier molecular flexibility index (Phi) is 1.97. The Bertz CT molecular complexity index is 262. The van der Waals surface area contributed by atoms with Crippen molar-refractivity contribution in [2.24, 2.45) is 5.18 Å². The maximum absolute atomic E-state index is 10.0. The molecule has 0 aliphatic carbocycles. The van der Waals surface area contributed by atoms with E-state index < -0.39 is 0 Å². The van der Waals surface area contributed by atoms with Crippen LogP contribution in [-0.4, -0.2) is 4.98 Å². The van der Waals surface area contributed by atoms with E-state index in [-0.39, 0.29) is 0 Å². The highest BCUT2D eigenvalue weighted by atomic mass is 35.5. The molecular weight excluding hydrogens is 152 g/mol. The van der Waals surface area contributed by atoms with E-state index in [0.717, 1.165) is 5.56 Å². The lowest BCUT2D eigenvalue weighted by atomic mass is 10.3. The number of aryl methyl sites for hydroxylation is 1. The van der Waals surface area contributed by atoms with Crippen LogP contribution in [0.3, 0.4) is 0 Å². The quantitative estimate of drug-likeness (QED) is 0.463.